The molecule has 1 N–H and O–H groups in total. The van der Waals surface area contributed by atoms with Crippen LogP contribution in [0.2, 0.25) is 0 Å². The summed E-state index contributed by atoms with van der Waals surface area (Å²) in [4.78, 5) is 25.4. The van der Waals surface area contributed by atoms with E-state index in [-0.39, 0.29) is 5.91 Å². The molecule has 1 saturated heterocycles. The number of thiophene rings is 1. The number of carbonyl (C=O) groups excluding carboxylic acids is 1. The van der Waals surface area contributed by atoms with Crippen LogP contribution in [0.3, 0.4) is 0 Å². The van der Waals surface area contributed by atoms with Crippen LogP contribution in [0, 0.1) is 0 Å². The van der Waals surface area contributed by atoms with Gasteiger partial charge < -0.3 is 10.0 Å². The maximum absolute atomic E-state index is 12.0. The van der Waals surface area contributed by atoms with Crippen LogP contribution in [0.25, 0.3) is 0 Å². The van der Waals surface area contributed by atoms with E-state index in [1.807, 2.05) is 12.1 Å². The largest absolute Gasteiger partial charge is 0.480 e. The second-order valence-corrected chi connectivity index (χ2v) is 6.51. The number of hydrogen-bond donors (Lipinski definition) is 1. The number of nitrogens with zero attached hydrogens (tertiary/aromatic N) is 1. The highest BCUT2D eigenvalue weighted by Crippen LogP contribution is 2.24. The van der Waals surface area contributed by atoms with Crippen molar-refractivity contribution in [2.75, 3.05) is 6.54 Å². The van der Waals surface area contributed by atoms with Crippen LogP contribution in [0.15, 0.2) is 15.9 Å². The van der Waals surface area contributed by atoms with Crippen molar-refractivity contribution in [2.24, 2.45) is 0 Å². The average molecular weight is 318 g/mol. The van der Waals surface area contributed by atoms with E-state index in [1.54, 1.807) is 0 Å². The van der Waals surface area contributed by atoms with E-state index >= 15 is 0 Å². The summed E-state index contributed by atoms with van der Waals surface area (Å²) < 4.78 is 0.983. The SMILES string of the molecule is O=C(O)[C@H]1CCCN1C(=O)Cc1ccc(Br)s1. The molecule has 17 heavy (non-hydrogen) atoms. The van der Waals surface area contributed by atoms with Gasteiger partial charge in [-0.3, -0.25) is 4.79 Å². The molecular weight excluding hydrogens is 306 g/mol. The third-order valence-corrected chi connectivity index (χ3v) is 4.44. The van der Waals surface area contributed by atoms with Crippen molar-refractivity contribution < 1.29 is 14.7 Å². The maximum Gasteiger partial charge on any atom is 0.326 e. The van der Waals surface area contributed by atoms with Gasteiger partial charge in [-0.25, -0.2) is 4.79 Å². The number of halogens is 1. The predicted molar refractivity (Wildman–Crippen MR) is 68.1 cm³/mol. The Labute approximate surface area is 111 Å². The van der Waals surface area contributed by atoms with Crippen molar-refractivity contribution in [2.45, 2.75) is 25.3 Å². The number of carboxylic acid groups (broad SMARTS) is 1. The number of carboxylic acids is 1. The van der Waals surface area contributed by atoms with Crippen molar-refractivity contribution in [3.63, 3.8) is 0 Å². The molecule has 2 heterocycles. The van der Waals surface area contributed by atoms with Crippen molar-refractivity contribution in [1.82, 2.24) is 4.90 Å². The van der Waals surface area contributed by atoms with Crippen LogP contribution in [-0.2, 0) is 16.0 Å². The fraction of sp³-hybridized carbons (Fsp3) is 0.455. The summed E-state index contributed by atoms with van der Waals surface area (Å²) in [6.45, 7) is 0.558. The first-order valence-electron chi connectivity index (χ1n) is 5.34. The number of aliphatic carboxylic acids is 1. The first-order valence-corrected chi connectivity index (χ1v) is 6.95. The van der Waals surface area contributed by atoms with E-state index in [0.717, 1.165) is 15.1 Å². The van der Waals surface area contributed by atoms with E-state index < -0.39 is 12.0 Å². The molecule has 4 nitrogen and oxygen atoms in total. The zero-order chi connectivity index (χ0) is 12.4. The number of likely N-dealkylation sites (tertiary alicyclic amines) is 1. The zero-order valence-corrected chi connectivity index (χ0v) is 11.5. The zero-order valence-electron chi connectivity index (χ0n) is 9.06. The molecule has 6 heteroatoms. The molecule has 1 aliphatic heterocycles. The van der Waals surface area contributed by atoms with Crippen LogP contribution < -0.4 is 0 Å². The standard InChI is InChI=1S/C11H12BrNO3S/c12-9-4-3-7(17-9)6-10(14)13-5-1-2-8(13)11(15)16/h3-4,8H,1-2,5-6H2,(H,15,16)/t8-/m1/s1. The molecule has 0 aromatic carbocycles. The highest BCUT2D eigenvalue weighted by Gasteiger charge is 2.33. The Hall–Kier alpha value is -0.880. The molecule has 1 aromatic heterocycles. The number of carbonyl (C=O) groups is 2. The van der Waals surface area contributed by atoms with Crippen LogP contribution in [0.1, 0.15) is 17.7 Å². The Morgan fingerprint density at radius 2 is 2.29 bits per heavy atom. The molecule has 0 aliphatic carbocycles. The molecule has 0 spiro atoms. The van der Waals surface area contributed by atoms with Gasteiger partial charge in [0, 0.05) is 11.4 Å². The fourth-order valence-corrected chi connectivity index (χ4v) is 3.49. The van der Waals surface area contributed by atoms with Crippen molar-refractivity contribution in [1.29, 1.82) is 0 Å². The minimum Gasteiger partial charge on any atom is -0.480 e. The molecule has 1 fully saturated rings. The predicted octanol–water partition coefficient (Wildman–Crippen LogP) is 2.13. The molecule has 1 amide bonds. The molecule has 2 rings (SSSR count). The Kier molecular flexibility index (Phi) is 3.83. The van der Waals surface area contributed by atoms with Gasteiger partial charge in [0.05, 0.1) is 10.2 Å². The van der Waals surface area contributed by atoms with Gasteiger partial charge in [0.15, 0.2) is 0 Å². The Bertz CT molecular complexity index is 446. The first-order chi connectivity index (χ1) is 8.08. The summed E-state index contributed by atoms with van der Waals surface area (Å²) in [5.74, 6) is -0.993. The summed E-state index contributed by atoms with van der Waals surface area (Å²) in [5.41, 5.74) is 0. The Balaban J connectivity index is 2.02. The first kappa shape index (κ1) is 12.6. The summed E-state index contributed by atoms with van der Waals surface area (Å²) >= 11 is 4.85. The van der Waals surface area contributed by atoms with Crippen molar-refractivity contribution in [3.8, 4) is 0 Å². The van der Waals surface area contributed by atoms with Gasteiger partial charge in [0.25, 0.3) is 0 Å². The highest BCUT2D eigenvalue weighted by atomic mass is 79.9. The smallest absolute Gasteiger partial charge is 0.326 e. The molecule has 0 bridgehead atoms. The molecule has 1 aromatic rings. The van der Waals surface area contributed by atoms with Gasteiger partial charge in [0.1, 0.15) is 6.04 Å². The van der Waals surface area contributed by atoms with E-state index in [4.69, 9.17) is 5.11 Å². The second-order valence-electron chi connectivity index (χ2n) is 3.97. The lowest BCUT2D eigenvalue weighted by Crippen LogP contribution is -2.41. The second kappa shape index (κ2) is 5.18. The number of hydrogen-bond acceptors (Lipinski definition) is 3. The Morgan fingerprint density at radius 3 is 2.88 bits per heavy atom. The third-order valence-electron chi connectivity index (χ3n) is 2.81. The topological polar surface area (TPSA) is 57.6 Å². The van der Waals surface area contributed by atoms with Gasteiger partial charge in [-0.2, -0.15) is 0 Å². The van der Waals surface area contributed by atoms with Crippen LogP contribution in [0.4, 0.5) is 0 Å². The maximum atomic E-state index is 12.0. The summed E-state index contributed by atoms with van der Waals surface area (Å²) in [6.07, 6.45) is 1.63. The monoisotopic (exact) mass is 317 g/mol. The lowest BCUT2D eigenvalue weighted by molar-refractivity contribution is -0.147. The summed E-state index contributed by atoms with van der Waals surface area (Å²) in [6, 6.07) is 3.15. The molecule has 1 atom stereocenters. The molecule has 0 radical (unpaired) electrons. The van der Waals surface area contributed by atoms with E-state index in [2.05, 4.69) is 15.9 Å². The molecular formula is C11H12BrNO3S. The quantitative estimate of drug-likeness (QED) is 0.929. The van der Waals surface area contributed by atoms with Crippen LogP contribution in [0.5, 0.6) is 0 Å². The average Bonchev–Trinajstić information content (AvgIpc) is 2.86. The van der Waals surface area contributed by atoms with Crippen molar-refractivity contribution >= 4 is 39.1 Å². The minimum atomic E-state index is -0.900. The third kappa shape index (κ3) is 2.87. The minimum absolute atomic E-state index is 0.0933. The van der Waals surface area contributed by atoms with Gasteiger partial charge in [-0.05, 0) is 40.9 Å². The van der Waals surface area contributed by atoms with E-state index in [0.29, 0.717) is 19.4 Å². The van der Waals surface area contributed by atoms with Crippen molar-refractivity contribution in [3.05, 3.63) is 20.8 Å². The highest BCUT2D eigenvalue weighted by molar-refractivity contribution is 9.11. The molecule has 92 valence electrons. The Morgan fingerprint density at radius 1 is 1.53 bits per heavy atom. The van der Waals surface area contributed by atoms with E-state index in [1.165, 1.54) is 16.2 Å². The van der Waals surface area contributed by atoms with Gasteiger partial charge >= 0.3 is 5.97 Å². The van der Waals surface area contributed by atoms with Crippen LogP contribution in [-0.4, -0.2) is 34.5 Å². The van der Waals surface area contributed by atoms with Crippen LogP contribution >= 0.6 is 27.3 Å². The normalized spacial score (nSPS) is 19.6. The lowest BCUT2D eigenvalue weighted by atomic mass is 10.2. The summed E-state index contributed by atoms with van der Waals surface area (Å²) in [5, 5.41) is 9.00. The number of rotatable bonds is 3. The van der Waals surface area contributed by atoms with Gasteiger partial charge in [0.2, 0.25) is 5.91 Å². The molecule has 0 unspecified atom stereocenters. The molecule has 0 saturated carbocycles. The number of amides is 1. The fourth-order valence-electron chi connectivity index (χ4n) is 2.02. The molecule has 1 aliphatic rings. The summed E-state index contributed by atoms with van der Waals surface area (Å²) in [7, 11) is 0. The van der Waals surface area contributed by atoms with E-state index in [9.17, 15) is 9.59 Å². The lowest BCUT2D eigenvalue weighted by Gasteiger charge is -2.20. The van der Waals surface area contributed by atoms with Gasteiger partial charge in [-0.1, -0.05) is 0 Å². The van der Waals surface area contributed by atoms with Gasteiger partial charge in [-0.15, -0.1) is 11.3 Å².